The van der Waals surface area contributed by atoms with E-state index in [4.69, 9.17) is 0 Å². The molecule has 0 saturated carbocycles. The molecule has 0 aliphatic carbocycles. The average Bonchev–Trinajstić information content (AvgIpc) is 2.52. The van der Waals surface area contributed by atoms with Crippen LogP contribution in [0.3, 0.4) is 0 Å². The Morgan fingerprint density at radius 2 is 2.05 bits per heavy atom. The van der Waals surface area contributed by atoms with Gasteiger partial charge in [-0.2, -0.15) is 11.8 Å². The number of ether oxygens (including phenoxy) is 1. The molecule has 0 fully saturated rings. The van der Waals surface area contributed by atoms with E-state index in [2.05, 4.69) is 15.4 Å². The van der Waals surface area contributed by atoms with Crippen LogP contribution in [-0.4, -0.2) is 43.7 Å². The summed E-state index contributed by atoms with van der Waals surface area (Å²) in [7, 11) is 1.24. The molecule has 0 saturated heterocycles. The quantitative estimate of drug-likeness (QED) is 0.507. The minimum atomic E-state index is -0.680. The number of amides is 2. The molecule has 1 rings (SSSR count). The van der Waals surface area contributed by atoms with Crippen LogP contribution in [0.2, 0.25) is 0 Å². The summed E-state index contributed by atoms with van der Waals surface area (Å²) >= 11 is 1.52. The Hall–Kier alpha value is -2.02. The predicted molar refractivity (Wildman–Crippen MR) is 80.6 cm³/mol. The molecule has 0 aromatic heterocycles. The number of hydrogen-bond acceptors (Lipinski definition) is 5. The number of thioether (sulfide) groups is 1. The molecule has 0 spiro atoms. The van der Waals surface area contributed by atoms with Gasteiger partial charge >= 0.3 is 5.97 Å². The normalized spacial score (nSPS) is 11.3. The van der Waals surface area contributed by atoms with Gasteiger partial charge in [-0.3, -0.25) is 14.4 Å². The van der Waals surface area contributed by atoms with Crippen molar-refractivity contribution in [2.75, 3.05) is 19.4 Å². The molecule has 6 nitrogen and oxygen atoms in total. The predicted octanol–water partition coefficient (Wildman–Crippen LogP) is 0.324. The number of methoxy groups -OCH3 is 1. The van der Waals surface area contributed by atoms with E-state index >= 15 is 0 Å². The molecular formula is C14H18N2O4S. The summed E-state index contributed by atoms with van der Waals surface area (Å²) in [5.74, 6) is 0.209. The van der Waals surface area contributed by atoms with Crippen molar-refractivity contribution in [3.05, 3.63) is 35.9 Å². The highest BCUT2D eigenvalue weighted by molar-refractivity contribution is 7.98. The molecular weight excluding hydrogens is 292 g/mol. The second-order valence-electron chi connectivity index (χ2n) is 4.13. The molecule has 114 valence electrons. The van der Waals surface area contributed by atoms with Gasteiger partial charge in [0.2, 0.25) is 12.3 Å². The van der Waals surface area contributed by atoms with E-state index in [0.29, 0.717) is 12.2 Å². The van der Waals surface area contributed by atoms with E-state index in [-0.39, 0.29) is 6.54 Å². The van der Waals surface area contributed by atoms with Crippen molar-refractivity contribution in [2.45, 2.75) is 11.8 Å². The van der Waals surface area contributed by atoms with Crippen molar-refractivity contribution < 1.29 is 19.1 Å². The van der Waals surface area contributed by atoms with Crippen LogP contribution in [-0.2, 0) is 24.9 Å². The third-order valence-corrected chi connectivity index (χ3v) is 3.72. The Labute approximate surface area is 127 Å². The fourth-order valence-corrected chi connectivity index (χ4v) is 2.53. The highest BCUT2D eigenvalue weighted by atomic mass is 32.2. The van der Waals surface area contributed by atoms with Gasteiger partial charge in [0.05, 0.1) is 7.11 Å². The lowest BCUT2D eigenvalue weighted by Gasteiger charge is -2.15. The summed E-state index contributed by atoms with van der Waals surface area (Å²) in [4.78, 5) is 33.4. The van der Waals surface area contributed by atoms with Gasteiger partial charge in [0.25, 0.3) is 0 Å². The van der Waals surface area contributed by atoms with Crippen molar-refractivity contribution in [1.29, 1.82) is 0 Å². The first-order valence-corrected chi connectivity index (χ1v) is 7.48. The van der Waals surface area contributed by atoms with Gasteiger partial charge < -0.3 is 15.4 Å². The first-order chi connectivity index (χ1) is 10.2. The fraction of sp³-hybridized carbons (Fsp3) is 0.357. The summed E-state index contributed by atoms with van der Waals surface area (Å²) in [5, 5.41) is 4.86. The average molecular weight is 310 g/mol. The van der Waals surface area contributed by atoms with Crippen molar-refractivity contribution in [3.8, 4) is 0 Å². The number of carbonyl (C=O) groups excluding carboxylic acids is 3. The number of hydrogen-bond donors (Lipinski definition) is 2. The summed E-state index contributed by atoms with van der Waals surface area (Å²) in [5.41, 5.74) is 1.14. The maximum absolute atomic E-state index is 11.8. The molecule has 0 bridgehead atoms. The van der Waals surface area contributed by atoms with Crippen LogP contribution in [0.1, 0.15) is 5.56 Å². The summed E-state index contributed by atoms with van der Waals surface area (Å²) in [6.45, 7) is -0.213. The molecule has 21 heavy (non-hydrogen) atoms. The number of esters is 1. The maximum Gasteiger partial charge on any atom is 0.325 e. The van der Waals surface area contributed by atoms with E-state index in [9.17, 15) is 14.4 Å². The molecule has 1 atom stereocenters. The lowest BCUT2D eigenvalue weighted by Crippen LogP contribution is -2.46. The zero-order valence-corrected chi connectivity index (χ0v) is 12.5. The molecule has 0 aliphatic heterocycles. The Kier molecular flexibility index (Phi) is 7.96. The second kappa shape index (κ2) is 9.82. The molecule has 0 radical (unpaired) electrons. The van der Waals surface area contributed by atoms with Crippen LogP contribution < -0.4 is 10.6 Å². The Balaban J connectivity index is 2.39. The number of carbonyl (C=O) groups is 3. The molecule has 1 aromatic rings. The Morgan fingerprint density at radius 3 is 2.67 bits per heavy atom. The van der Waals surface area contributed by atoms with Crippen LogP contribution in [0.25, 0.3) is 0 Å². The van der Waals surface area contributed by atoms with Crippen molar-refractivity contribution >= 4 is 30.0 Å². The summed E-state index contributed by atoms with van der Waals surface area (Å²) in [6.07, 6.45) is 0.478. The molecule has 0 heterocycles. The lowest BCUT2D eigenvalue weighted by molar-refractivity contribution is -0.141. The van der Waals surface area contributed by atoms with Crippen LogP contribution in [0.5, 0.6) is 0 Å². The van der Waals surface area contributed by atoms with Crippen LogP contribution in [0, 0.1) is 0 Å². The third-order valence-electron chi connectivity index (χ3n) is 2.62. The van der Waals surface area contributed by atoms with E-state index in [1.54, 1.807) is 0 Å². The third kappa shape index (κ3) is 6.80. The summed E-state index contributed by atoms with van der Waals surface area (Å²) in [6, 6.07) is 9.13. The molecule has 2 amide bonds. The smallest absolute Gasteiger partial charge is 0.325 e. The monoisotopic (exact) mass is 310 g/mol. The van der Waals surface area contributed by atoms with Gasteiger partial charge in [-0.1, -0.05) is 30.3 Å². The fourth-order valence-electron chi connectivity index (χ4n) is 1.51. The lowest BCUT2D eigenvalue weighted by atomic mass is 10.2. The minimum absolute atomic E-state index is 0.213. The highest BCUT2D eigenvalue weighted by Gasteiger charge is 2.18. The van der Waals surface area contributed by atoms with E-state index < -0.39 is 17.9 Å². The van der Waals surface area contributed by atoms with E-state index in [1.165, 1.54) is 18.9 Å². The van der Waals surface area contributed by atoms with Gasteiger partial charge in [-0.25, -0.2) is 0 Å². The van der Waals surface area contributed by atoms with Crippen molar-refractivity contribution in [1.82, 2.24) is 10.6 Å². The van der Waals surface area contributed by atoms with Crippen LogP contribution in [0.4, 0.5) is 0 Å². The molecule has 2 N–H and O–H groups in total. The minimum Gasteiger partial charge on any atom is -0.468 e. The molecule has 0 unspecified atom stereocenters. The second-order valence-corrected chi connectivity index (χ2v) is 5.16. The van der Waals surface area contributed by atoms with Gasteiger partial charge in [-0.05, 0) is 5.56 Å². The SMILES string of the molecule is COC(=O)CNC(=O)[C@H](CSCc1ccccc1)NC=O. The van der Waals surface area contributed by atoms with Gasteiger partial charge in [-0.15, -0.1) is 0 Å². The van der Waals surface area contributed by atoms with Crippen molar-refractivity contribution in [2.24, 2.45) is 0 Å². The maximum atomic E-state index is 11.8. The van der Waals surface area contributed by atoms with Crippen LogP contribution in [0.15, 0.2) is 30.3 Å². The van der Waals surface area contributed by atoms with Gasteiger partial charge in [0, 0.05) is 11.5 Å². The number of rotatable bonds is 9. The Bertz CT molecular complexity index is 467. The number of nitrogens with one attached hydrogen (secondary N) is 2. The zero-order chi connectivity index (χ0) is 15.5. The molecule has 1 aromatic carbocycles. The standard InChI is InChI=1S/C14H18N2O4S/c1-20-13(18)7-15-14(19)12(16-10-17)9-21-8-11-5-3-2-4-6-11/h2-6,10,12H,7-9H2,1H3,(H,15,19)(H,16,17)/t12-/m0/s1. The first-order valence-electron chi connectivity index (χ1n) is 6.33. The van der Waals surface area contributed by atoms with E-state index in [0.717, 1.165) is 11.3 Å². The largest absolute Gasteiger partial charge is 0.468 e. The highest BCUT2D eigenvalue weighted by Crippen LogP contribution is 2.12. The topological polar surface area (TPSA) is 84.5 Å². The van der Waals surface area contributed by atoms with E-state index in [1.807, 2.05) is 30.3 Å². The molecule has 7 heteroatoms. The first kappa shape index (κ1) is 17.0. The molecule has 0 aliphatic rings. The number of benzene rings is 1. The van der Waals surface area contributed by atoms with Crippen LogP contribution >= 0.6 is 11.8 Å². The van der Waals surface area contributed by atoms with Gasteiger partial charge in [0.15, 0.2) is 0 Å². The van der Waals surface area contributed by atoms with Gasteiger partial charge in [0.1, 0.15) is 12.6 Å². The van der Waals surface area contributed by atoms with Crippen molar-refractivity contribution in [3.63, 3.8) is 0 Å². The zero-order valence-electron chi connectivity index (χ0n) is 11.7. The summed E-state index contributed by atoms with van der Waals surface area (Å²) < 4.78 is 4.43. The Morgan fingerprint density at radius 1 is 1.33 bits per heavy atom.